The number of allylic oxidation sites excluding steroid dienone is 2. The molecule has 5 aliphatic carbocycles. The van der Waals surface area contributed by atoms with Gasteiger partial charge in [-0.2, -0.15) is 0 Å². The second-order valence-corrected chi connectivity index (χ2v) is 14.9. The van der Waals surface area contributed by atoms with Crippen LogP contribution >= 0.6 is 0 Å². The van der Waals surface area contributed by atoms with Gasteiger partial charge in [0.15, 0.2) is 0 Å². The summed E-state index contributed by atoms with van der Waals surface area (Å²) in [6, 6.07) is 0. The lowest BCUT2D eigenvalue weighted by Gasteiger charge is -2.71. The topological polar surface area (TPSA) is 77.8 Å². The lowest BCUT2D eigenvalue weighted by atomic mass is 9.33. The van der Waals surface area contributed by atoms with Gasteiger partial charge in [-0.15, -0.1) is 0 Å². The molecule has 0 heterocycles. The highest BCUT2D eigenvalue weighted by Gasteiger charge is 2.70. The molecule has 5 aliphatic rings. The van der Waals surface area contributed by atoms with E-state index in [-0.39, 0.29) is 34.2 Å². The summed E-state index contributed by atoms with van der Waals surface area (Å²) in [4.78, 5) is 13.9. The molecule has 10 atom stereocenters. The van der Waals surface area contributed by atoms with E-state index in [2.05, 4.69) is 40.7 Å². The van der Waals surface area contributed by atoms with Crippen LogP contribution in [-0.4, -0.2) is 39.9 Å². The first kappa shape index (κ1) is 25.0. The summed E-state index contributed by atoms with van der Waals surface area (Å²) in [5.74, 6) is 0.903. The zero-order valence-electron chi connectivity index (χ0n) is 22.6. The Morgan fingerprint density at radius 3 is 2.18 bits per heavy atom. The van der Waals surface area contributed by atoms with Crippen molar-refractivity contribution in [1.82, 2.24) is 0 Å². The van der Waals surface area contributed by atoms with E-state index in [4.69, 9.17) is 0 Å². The van der Waals surface area contributed by atoms with Gasteiger partial charge in [0.2, 0.25) is 0 Å². The van der Waals surface area contributed by atoms with Crippen LogP contribution in [0.3, 0.4) is 0 Å². The summed E-state index contributed by atoms with van der Waals surface area (Å²) in [6.45, 7) is 15.7. The molecule has 0 aromatic rings. The SMILES string of the molecule is CC1(C)CC(O)C2(C)CCC3(C)C(=CCC4C5(C)CCC(O)C(C)(CO)C5CCC43C)C2C1=O. The minimum absolute atomic E-state index is 0.0398. The van der Waals surface area contributed by atoms with E-state index < -0.39 is 23.0 Å². The monoisotopic (exact) mass is 472 g/mol. The van der Waals surface area contributed by atoms with Crippen LogP contribution in [0.2, 0.25) is 0 Å². The Morgan fingerprint density at radius 2 is 1.53 bits per heavy atom. The van der Waals surface area contributed by atoms with Gasteiger partial charge in [-0.05, 0) is 79.4 Å². The number of hydrogen-bond donors (Lipinski definition) is 3. The zero-order chi connectivity index (χ0) is 25.1. The van der Waals surface area contributed by atoms with Crippen molar-refractivity contribution in [2.24, 2.45) is 50.2 Å². The first-order valence-corrected chi connectivity index (χ1v) is 13.8. The minimum Gasteiger partial charge on any atom is -0.396 e. The van der Waals surface area contributed by atoms with Crippen LogP contribution in [0.4, 0.5) is 0 Å². The molecule has 0 spiro atoms. The highest BCUT2D eigenvalue weighted by atomic mass is 16.3. The maximum Gasteiger partial charge on any atom is 0.146 e. The van der Waals surface area contributed by atoms with E-state index in [1.807, 2.05) is 13.8 Å². The Bertz CT molecular complexity index is 923. The van der Waals surface area contributed by atoms with E-state index in [1.165, 1.54) is 5.57 Å². The van der Waals surface area contributed by atoms with Crippen LogP contribution in [0.25, 0.3) is 0 Å². The third kappa shape index (κ3) is 2.74. The molecule has 0 amide bonds. The summed E-state index contributed by atoms with van der Waals surface area (Å²) in [5.41, 5.74) is 0.0687. The molecule has 0 aromatic heterocycles. The highest BCUT2D eigenvalue weighted by Crippen LogP contribution is 2.75. The molecule has 4 fully saturated rings. The summed E-state index contributed by atoms with van der Waals surface area (Å²) < 4.78 is 0. The molecule has 192 valence electrons. The van der Waals surface area contributed by atoms with E-state index in [9.17, 15) is 20.1 Å². The maximum atomic E-state index is 13.9. The Kier molecular flexibility index (Phi) is 5.28. The number of aliphatic hydroxyl groups excluding tert-OH is 3. The van der Waals surface area contributed by atoms with Gasteiger partial charge in [-0.25, -0.2) is 0 Å². The molecule has 0 saturated heterocycles. The van der Waals surface area contributed by atoms with Crippen molar-refractivity contribution in [2.75, 3.05) is 6.61 Å². The van der Waals surface area contributed by atoms with Crippen LogP contribution in [0.1, 0.15) is 99.8 Å². The van der Waals surface area contributed by atoms with Crippen LogP contribution in [0.5, 0.6) is 0 Å². The number of rotatable bonds is 1. The number of carbonyl (C=O) groups is 1. The molecule has 0 aromatic carbocycles. The van der Waals surface area contributed by atoms with Crippen LogP contribution < -0.4 is 0 Å². The molecular formula is C30H48O4. The first-order chi connectivity index (χ1) is 15.6. The Labute approximate surface area is 206 Å². The van der Waals surface area contributed by atoms with Crippen molar-refractivity contribution in [3.63, 3.8) is 0 Å². The molecule has 5 rings (SSSR count). The average molecular weight is 473 g/mol. The fourth-order valence-corrected chi connectivity index (χ4v) is 10.5. The van der Waals surface area contributed by atoms with Gasteiger partial charge in [-0.1, -0.05) is 60.1 Å². The fourth-order valence-electron chi connectivity index (χ4n) is 10.5. The largest absolute Gasteiger partial charge is 0.396 e. The summed E-state index contributed by atoms with van der Waals surface area (Å²) in [6.07, 6.45) is 8.81. The first-order valence-electron chi connectivity index (χ1n) is 13.8. The third-order valence-electron chi connectivity index (χ3n) is 13.2. The quantitative estimate of drug-likeness (QED) is 0.453. The molecule has 10 unspecified atom stereocenters. The van der Waals surface area contributed by atoms with E-state index in [0.717, 1.165) is 44.9 Å². The van der Waals surface area contributed by atoms with Gasteiger partial charge in [0.25, 0.3) is 0 Å². The van der Waals surface area contributed by atoms with E-state index in [1.54, 1.807) is 0 Å². The van der Waals surface area contributed by atoms with Crippen LogP contribution in [0.15, 0.2) is 11.6 Å². The maximum absolute atomic E-state index is 13.9. The minimum atomic E-state index is -0.494. The van der Waals surface area contributed by atoms with Crippen molar-refractivity contribution >= 4 is 5.78 Å². The van der Waals surface area contributed by atoms with Gasteiger partial charge < -0.3 is 15.3 Å². The molecule has 34 heavy (non-hydrogen) atoms. The van der Waals surface area contributed by atoms with Gasteiger partial charge >= 0.3 is 0 Å². The van der Waals surface area contributed by atoms with Crippen molar-refractivity contribution in [1.29, 1.82) is 0 Å². The lowest BCUT2D eigenvalue weighted by molar-refractivity contribution is -0.217. The summed E-state index contributed by atoms with van der Waals surface area (Å²) in [5, 5.41) is 32.6. The Hall–Kier alpha value is -0.710. The predicted octanol–water partition coefficient (Wildman–Crippen LogP) is 5.29. The van der Waals surface area contributed by atoms with Gasteiger partial charge in [0.1, 0.15) is 5.78 Å². The Morgan fingerprint density at radius 1 is 0.853 bits per heavy atom. The number of hydrogen-bond acceptors (Lipinski definition) is 4. The number of fused-ring (bicyclic) bond motifs is 7. The molecule has 0 radical (unpaired) electrons. The third-order valence-corrected chi connectivity index (χ3v) is 13.2. The van der Waals surface area contributed by atoms with Crippen molar-refractivity contribution in [3.8, 4) is 0 Å². The lowest BCUT2D eigenvalue weighted by Crippen LogP contribution is -2.67. The summed E-state index contributed by atoms with van der Waals surface area (Å²) >= 11 is 0. The highest BCUT2D eigenvalue weighted by molar-refractivity contribution is 5.91. The molecule has 4 heteroatoms. The standard InChI is InChI=1S/C30H48O4/c1-25(2)16-22(33)27(4)14-15-29(6)18(23(27)24(25)34)8-9-20-26(3)12-11-21(32)28(5,17-31)19(26)10-13-30(20,29)7/h8,19-23,31-33H,9-17H2,1-7H3. The fraction of sp³-hybridized carbons (Fsp3) is 0.900. The van der Waals surface area contributed by atoms with Gasteiger partial charge in [0.05, 0.1) is 18.8 Å². The second kappa shape index (κ2) is 7.19. The number of Topliss-reactive ketones (excluding diaryl/α,β-unsaturated/α-hetero) is 1. The van der Waals surface area contributed by atoms with Crippen LogP contribution in [-0.2, 0) is 4.79 Å². The smallest absolute Gasteiger partial charge is 0.146 e. The summed E-state index contributed by atoms with van der Waals surface area (Å²) in [7, 11) is 0. The van der Waals surface area contributed by atoms with Crippen molar-refractivity contribution in [3.05, 3.63) is 11.6 Å². The number of ketones is 1. The van der Waals surface area contributed by atoms with Crippen molar-refractivity contribution in [2.45, 2.75) is 112 Å². The Balaban J connectivity index is 1.61. The van der Waals surface area contributed by atoms with Crippen molar-refractivity contribution < 1.29 is 20.1 Å². The number of carbonyl (C=O) groups excluding carboxylic acids is 1. The molecule has 0 aliphatic heterocycles. The second-order valence-electron chi connectivity index (χ2n) is 14.9. The molecular weight excluding hydrogens is 424 g/mol. The average Bonchev–Trinajstić information content (AvgIpc) is 2.76. The molecule has 3 N–H and O–H groups in total. The van der Waals surface area contributed by atoms with Gasteiger partial charge in [-0.3, -0.25) is 4.79 Å². The molecule has 0 bridgehead atoms. The molecule has 4 saturated carbocycles. The number of aliphatic hydroxyl groups is 3. The van der Waals surface area contributed by atoms with E-state index in [0.29, 0.717) is 24.0 Å². The van der Waals surface area contributed by atoms with Gasteiger partial charge in [0, 0.05) is 22.2 Å². The molecule has 4 nitrogen and oxygen atoms in total. The normalized spacial score (nSPS) is 56.5. The predicted molar refractivity (Wildman–Crippen MR) is 134 cm³/mol. The van der Waals surface area contributed by atoms with Crippen LogP contribution in [0, 0.1) is 50.2 Å². The zero-order valence-corrected chi connectivity index (χ0v) is 22.6. The van der Waals surface area contributed by atoms with E-state index >= 15 is 0 Å².